The Morgan fingerprint density at radius 3 is 0.910 bits per heavy atom. The fourth-order valence-electron chi connectivity index (χ4n) is 34.8. The van der Waals surface area contributed by atoms with Crippen LogP contribution in [-0.2, 0) is 57.3 Å². The molecular weight excluding hydrogens is 1510 g/mol. The van der Waals surface area contributed by atoms with Crippen LogP contribution in [0.5, 0.6) is 0 Å². The number of allylic oxidation sites excluding steroid dienone is 2. The van der Waals surface area contributed by atoms with E-state index < -0.39 is 0 Å². The maximum atomic E-state index is 12.2. The van der Waals surface area contributed by atoms with Crippen LogP contribution >= 0.6 is 0 Å². The molecule has 34 unspecified atom stereocenters. The molecule has 0 aromatic heterocycles. The number of carbonyl (C=O) groups is 8. The molecule has 122 heavy (non-hydrogen) atoms. The molecule has 0 aromatic rings. The van der Waals surface area contributed by atoms with E-state index in [2.05, 4.69) is 96.9 Å². The fourth-order valence-corrected chi connectivity index (χ4v) is 34.8. The molecule has 2 heterocycles. The topological polar surface area (TPSA) is 180 Å². The molecular formula is C110H168O12. The van der Waals surface area contributed by atoms with Gasteiger partial charge in [0.2, 0.25) is 0 Å². The number of ether oxygens (including phenoxy) is 4. The minimum atomic E-state index is -0.0501. The second kappa shape index (κ2) is 34.9. The van der Waals surface area contributed by atoms with E-state index >= 15 is 0 Å². The zero-order valence-electron chi connectivity index (χ0n) is 80.6. The summed E-state index contributed by atoms with van der Waals surface area (Å²) in [7, 11) is 0. The van der Waals surface area contributed by atoms with Crippen molar-refractivity contribution in [3.05, 3.63) is 46.6 Å². The minimum absolute atomic E-state index is 0.0189. The van der Waals surface area contributed by atoms with E-state index in [4.69, 9.17) is 18.9 Å². The van der Waals surface area contributed by atoms with Crippen molar-refractivity contribution in [3.8, 4) is 0 Å². The lowest BCUT2D eigenvalue weighted by Gasteiger charge is -2.60. The third-order valence-electron chi connectivity index (χ3n) is 41.4. The van der Waals surface area contributed by atoms with Gasteiger partial charge < -0.3 is 18.9 Å². The maximum Gasteiger partial charge on any atom is 0.306 e. The molecule has 12 heteroatoms. The van der Waals surface area contributed by atoms with Gasteiger partial charge in [0, 0.05) is 63.2 Å². The number of Topliss-reactive ketones (excluding diaryl/α,β-unsaturated/α-hetero) is 2. The van der Waals surface area contributed by atoms with Crippen molar-refractivity contribution in [1.29, 1.82) is 0 Å². The highest BCUT2D eigenvalue weighted by Crippen LogP contribution is 2.76. The number of epoxide rings is 2. The highest BCUT2D eigenvalue weighted by molar-refractivity contribution is 5.93. The van der Waals surface area contributed by atoms with Gasteiger partial charge in [-0.15, -0.1) is 0 Å². The Morgan fingerprint density at radius 2 is 0.615 bits per heavy atom. The van der Waals surface area contributed by atoms with Crippen LogP contribution in [-0.4, -0.2) is 83.3 Å². The predicted octanol–water partition coefficient (Wildman–Crippen LogP) is 25.0. The Balaban J connectivity index is 0.000000126. The van der Waals surface area contributed by atoms with E-state index in [-0.39, 0.29) is 69.9 Å². The zero-order valence-corrected chi connectivity index (χ0v) is 80.6. The molecule has 14 fully saturated rings. The molecule has 0 bridgehead atoms. The molecule has 16 aliphatic carbocycles. The van der Waals surface area contributed by atoms with Crippen molar-refractivity contribution in [2.45, 2.75) is 407 Å². The second-order valence-corrected chi connectivity index (χ2v) is 48.9. The monoisotopic (exact) mass is 1680 g/mol. The van der Waals surface area contributed by atoms with Crippen LogP contribution in [0.1, 0.15) is 371 Å². The molecule has 34 atom stereocenters. The summed E-state index contributed by atoms with van der Waals surface area (Å²) in [5, 5.41) is 0. The lowest BCUT2D eigenvalue weighted by Crippen LogP contribution is -2.53. The van der Waals surface area contributed by atoms with Crippen molar-refractivity contribution < 1.29 is 57.3 Å². The average molecular weight is 1680 g/mol. The standard InChI is InChI=1S/C28H44O3.C28H44O2.C27H40O4.C27H40O3/c1-17(2)31-25(30)10-7-18(3)22-8-9-23-26-19(4)15-20-16-21(29)11-13-27(20,5)24(26)12-14-28(22,23)6;1-17(2)25(30)10-7-18(3)22-8-9-23-26-19(4)15-20-16-21(29)11-13-27(20,5)24(26)12-14-28(22,23)6;1-15(2)30-22(29)9-6-16(3)18-7-8-19-23-20(11-13-26(18,19)4)27(5)12-10-17(28)14-21(27)24-25(23)31-24;1-15(2)22(29)9-6-16(3)18-7-8-19-23-20(11-13-26(18,19)4)27(5)12-10-17(28)14-21(27)24-25(23)30-24/h16-19,22-24,26H,7-15H2,1-6H3;16-19,22-24,26H,7-15H2,1-6H3;14-16,18-20,23-25H,6-13H2,1-5H3;14-16,18-20,23-25H,6-13H2,1-5H3. The van der Waals surface area contributed by atoms with E-state index in [0.29, 0.717) is 165 Å². The Morgan fingerprint density at radius 1 is 0.344 bits per heavy atom. The fraction of sp³-hybridized carbons (Fsp3) is 0.855. The Bertz CT molecular complexity index is 3950. The smallest absolute Gasteiger partial charge is 0.306 e. The van der Waals surface area contributed by atoms with Crippen molar-refractivity contribution in [3.63, 3.8) is 0 Å². The molecule has 18 aliphatic rings. The number of hydrogen-bond donors (Lipinski definition) is 0. The zero-order chi connectivity index (χ0) is 87.9. The van der Waals surface area contributed by atoms with Crippen molar-refractivity contribution in [2.75, 3.05) is 0 Å². The van der Waals surface area contributed by atoms with E-state index in [1.54, 1.807) is 0 Å². The quantitative estimate of drug-likeness (QED) is 0.0833. The summed E-state index contributed by atoms with van der Waals surface area (Å²) < 4.78 is 23.4. The van der Waals surface area contributed by atoms with E-state index in [1.807, 2.05) is 79.7 Å². The van der Waals surface area contributed by atoms with Crippen LogP contribution in [0.2, 0.25) is 0 Å². The molecule has 0 aromatic carbocycles. The van der Waals surface area contributed by atoms with Crippen molar-refractivity contribution in [2.24, 2.45) is 185 Å². The summed E-state index contributed by atoms with van der Waals surface area (Å²) in [6.45, 7) is 50.5. The lowest BCUT2D eigenvalue weighted by atomic mass is 9.44. The van der Waals surface area contributed by atoms with Crippen LogP contribution in [0.4, 0.5) is 0 Å². The number of ketones is 6. The average Bonchev–Trinajstić information content (AvgIpc) is 1.53. The Kier molecular flexibility index (Phi) is 26.5. The lowest BCUT2D eigenvalue weighted by molar-refractivity contribution is -0.149. The maximum absolute atomic E-state index is 12.2. The van der Waals surface area contributed by atoms with Gasteiger partial charge >= 0.3 is 11.9 Å². The van der Waals surface area contributed by atoms with Gasteiger partial charge in [0.25, 0.3) is 0 Å². The van der Waals surface area contributed by atoms with Crippen molar-refractivity contribution >= 4 is 46.6 Å². The highest BCUT2D eigenvalue weighted by atomic mass is 16.6. The van der Waals surface area contributed by atoms with E-state index in [1.165, 1.54) is 125 Å². The first-order valence-electron chi connectivity index (χ1n) is 51.2. The number of hydrogen-bond acceptors (Lipinski definition) is 12. The molecule has 680 valence electrons. The van der Waals surface area contributed by atoms with Gasteiger partial charge in [-0.2, -0.15) is 0 Å². The van der Waals surface area contributed by atoms with Gasteiger partial charge in [0.05, 0.1) is 24.4 Å². The van der Waals surface area contributed by atoms with Gasteiger partial charge in [-0.1, -0.05) is 136 Å². The molecule has 12 nitrogen and oxygen atoms in total. The third kappa shape index (κ3) is 16.5. The van der Waals surface area contributed by atoms with Gasteiger partial charge in [0.15, 0.2) is 23.1 Å². The molecule has 0 radical (unpaired) electrons. The SMILES string of the molecule is CC(C)C(=O)CCC(C)C1CCC2C3C(C)CC4=CC(=O)CCC4(C)C3CCC12C.CC(C)C(=O)CCC(C)C1CCC2C3C4OC4C4=CC(=O)CCC4(C)C3CCC12C.CC(C)OC(=O)CCC(C)C1CCC2C3C(C)CC4=CC(=O)CCC4(C)C3CCC12C.CC(C)OC(=O)CCC(C)C1CCC2C3C4OC4C4=CC(=O)CCC4(C)C3CCC12C. The molecule has 2 aliphatic heterocycles. The predicted molar refractivity (Wildman–Crippen MR) is 484 cm³/mol. The van der Waals surface area contributed by atoms with Gasteiger partial charge in [-0.25, -0.2) is 0 Å². The summed E-state index contributed by atoms with van der Waals surface area (Å²) in [4.78, 5) is 97.2. The van der Waals surface area contributed by atoms with Crippen LogP contribution in [0.3, 0.4) is 0 Å². The highest BCUT2D eigenvalue weighted by Gasteiger charge is 2.72. The second-order valence-electron chi connectivity index (χ2n) is 48.9. The van der Waals surface area contributed by atoms with Crippen LogP contribution in [0.25, 0.3) is 0 Å². The summed E-state index contributed by atoms with van der Waals surface area (Å²) in [5.41, 5.74) is 8.02. The minimum Gasteiger partial charge on any atom is -0.463 e. The number of rotatable bonds is 20. The van der Waals surface area contributed by atoms with Gasteiger partial charge in [-0.3, -0.25) is 38.4 Å². The normalized spacial score (nSPS) is 45.3. The van der Waals surface area contributed by atoms with Crippen molar-refractivity contribution in [1.82, 2.24) is 0 Å². The molecule has 0 N–H and O–H groups in total. The van der Waals surface area contributed by atoms with Gasteiger partial charge in [-0.05, 0) is 404 Å². The van der Waals surface area contributed by atoms with Crippen LogP contribution < -0.4 is 0 Å². The Hall–Kier alpha value is -4.16. The number of fused-ring (bicyclic) bond motifs is 26. The third-order valence-corrected chi connectivity index (χ3v) is 41.4. The summed E-state index contributed by atoms with van der Waals surface area (Å²) >= 11 is 0. The first kappa shape index (κ1) is 92.6. The number of carbonyl (C=O) groups excluding carboxylic acids is 8. The summed E-state index contributed by atoms with van der Waals surface area (Å²) in [6, 6.07) is 0. The first-order chi connectivity index (χ1) is 57.4. The van der Waals surface area contributed by atoms with E-state index in [9.17, 15) is 38.4 Å². The summed E-state index contributed by atoms with van der Waals surface area (Å²) in [6.07, 6.45) is 46.0. The Labute approximate surface area is 738 Å². The largest absolute Gasteiger partial charge is 0.463 e. The molecule has 2 saturated heterocycles. The van der Waals surface area contributed by atoms with E-state index in [0.717, 1.165) is 149 Å². The molecule has 0 amide bonds. The molecule has 0 spiro atoms. The van der Waals surface area contributed by atoms with Crippen LogP contribution in [0.15, 0.2) is 46.6 Å². The van der Waals surface area contributed by atoms with Crippen LogP contribution in [0, 0.1) is 185 Å². The molecule has 12 saturated carbocycles. The molecule has 18 rings (SSSR count). The van der Waals surface area contributed by atoms with Gasteiger partial charge in [0.1, 0.15) is 23.8 Å². The summed E-state index contributed by atoms with van der Waals surface area (Å²) in [5.74, 6) is 17.9. The number of esters is 2. The first-order valence-corrected chi connectivity index (χ1v) is 51.2.